The summed E-state index contributed by atoms with van der Waals surface area (Å²) >= 11 is 0. The summed E-state index contributed by atoms with van der Waals surface area (Å²) in [4.78, 5) is 10.3. The Kier molecular flexibility index (Phi) is 7.20. The highest BCUT2D eigenvalue weighted by molar-refractivity contribution is 14.0. The van der Waals surface area contributed by atoms with Crippen molar-refractivity contribution in [3.8, 4) is 0 Å². The second-order valence-corrected chi connectivity index (χ2v) is 3.35. The standard InChI is InChI=1S/C7H16NO2.HI/c1-7(9)10-6-5-8(2,3)4;/h5-6H2,1-4H3;1H/q+1;. The van der Waals surface area contributed by atoms with Gasteiger partial charge in [0.2, 0.25) is 0 Å². The summed E-state index contributed by atoms with van der Waals surface area (Å²) in [6.07, 6.45) is 0. The normalized spacial score (nSPS) is 10.2. The number of likely N-dealkylation sites (N-methyl/N-ethyl adjacent to an activating group) is 1. The van der Waals surface area contributed by atoms with Gasteiger partial charge in [-0.05, 0) is 0 Å². The second-order valence-electron chi connectivity index (χ2n) is 3.35. The molecule has 0 aromatic rings. The van der Waals surface area contributed by atoms with Crippen LogP contribution in [-0.4, -0.2) is 44.7 Å². The molecule has 0 rings (SSSR count). The zero-order chi connectivity index (χ0) is 8.20. The van der Waals surface area contributed by atoms with Gasteiger partial charge in [-0.3, -0.25) is 4.79 Å². The minimum absolute atomic E-state index is 0. The van der Waals surface area contributed by atoms with Crippen molar-refractivity contribution in [1.29, 1.82) is 0 Å². The van der Waals surface area contributed by atoms with Crippen molar-refractivity contribution < 1.29 is 14.0 Å². The van der Waals surface area contributed by atoms with Gasteiger partial charge in [0.1, 0.15) is 13.2 Å². The molecule has 0 saturated carbocycles. The highest BCUT2D eigenvalue weighted by atomic mass is 127. The van der Waals surface area contributed by atoms with E-state index in [9.17, 15) is 4.79 Å². The fraction of sp³-hybridized carbons (Fsp3) is 0.857. The number of hydrogen-bond donors (Lipinski definition) is 0. The van der Waals surface area contributed by atoms with E-state index in [0.29, 0.717) is 6.61 Å². The van der Waals surface area contributed by atoms with Gasteiger partial charge in [-0.25, -0.2) is 0 Å². The summed E-state index contributed by atoms with van der Waals surface area (Å²) in [5.41, 5.74) is 0. The Labute approximate surface area is 85.3 Å². The molecule has 0 spiro atoms. The van der Waals surface area contributed by atoms with Crippen LogP contribution in [-0.2, 0) is 9.53 Å². The molecular formula is C7H17INO2+. The highest BCUT2D eigenvalue weighted by Gasteiger charge is 2.06. The van der Waals surface area contributed by atoms with E-state index in [1.54, 1.807) is 0 Å². The third-order valence-electron chi connectivity index (χ3n) is 1.07. The minimum atomic E-state index is -0.201. The summed E-state index contributed by atoms with van der Waals surface area (Å²) in [6, 6.07) is 0. The molecule has 3 nitrogen and oxygen atoms in total. The molecular weight excluding hydrogens is 257 g/mol. The summed E-state index contributed by atoms with van der Waals surface area (Å²) < 4.78 is 5.59. The van der Waals surface area contributed by atoms with Crippen molar-refractivity contribution in [2.24, 2.45) is 0 Å². The summed E-state index contributed by atoms with van der Waals surface area (Å²) in [6.45, 7) is 2.80. The van der Waals surface area contributed by atoms with Crippen LogP contribution in [0, 0.1) is 0 Å². The number of rotatable bonds is 3. The first-order valence-corrected chi connectivity index (χ1v) is 3.35. The van der Waals surface area contributed by atoms with Gasteiger partial charge >= 0.3 is 5.97 Å². The van der Waals surface area contributed by atoms with Gasteiger partial charge in [0.15, 0.2) is 0 Å². The predicted molar refractivity (Wildman–Crippen MR) is 54.9 cm³/mol. The van der Waals surface area contributed by atoms with E-state index in [4.69, 9.17) is 4.74 Å². The quantitative estimate of drug-likeness (QED) is 0.434. The largest absolute Gasteiger partial charge is 0.460 e. The lowest BCUT2D eigenvalue weighted by Crippen LogP contribution is -2.37. The van der Waals surface area contributed by atoms with Crippen molar-refractivity contribution in [2.75, 3.05) is 34.3 Å². The van der Waals surface area contributed by atoms with Crippen LogP contribution < -0.4 is 0 Å². The monoisotopic (exact) mass is 274 g/mol. The molecule has 0 aliphatic heterocycles. The number of quaternary nitrogens is 1. The maximum Gasteiger partial charge on any atom is 0.302 e. The van der Waals surface area contributed by atoms with Gasteiger partial charge in [-0.1, -0.05) is 0 Å². The number of carbonyl (C=O) groups is 1. The first-order chi connectivity index (χ1) is 4.42. The molecule has 0 amide bonds. The maximum absolute atomic E-state index is 10.3. The topological polar surface area (TPSA) is 26.3 Å². The lowest BCUT2D eigenvalue weighted by molar-refractivity contribution is -0.870. The van der Waals surface area contributed by atoms with E-state index in [1.807, 2.05) is 0 Å². The van der Waals surface area contributed by atoms with Crippen LogP contribution in [0.1, 0.15) is 6.92 Å². The van der Waals surface area contributed by atoms with Gasteiger partial charge in [-0.15, -0.1) is 24.0 Å². The molecule has 11 heavy (non-hydrogen) atoms. The molecule has 0 aromatic heterocycles. The van der Waals surface area contributed by atoms with E-state index in [2.05, 4.69) is 21.1 Å². The number of halogens is 1. The Morgan fingerprint density at radius 3 is 2.09 bits per heavy atom. The minimum Gasteiger partial charge on any atom is -0.460 e. The SMILES string of the molecule is CC(=O)OCC[N+](C)(C)C.I. The zero-order valence-corrected chi connectivity index (χ0v) is 9.92. The molecule has 4 heteroatoms. The van der Waals surface area contributed by atoms with Crippen LogP contribution in [0.5, 0.6) is 0 Å². The fourth-order valence-electron chi connectivity index (χ4n) is 0.463. The summed E-state index contributed by atoms with van der Waals surface area (Å²) in [5.74, 6) is -0.201. The summed E-state index contributed by atoms with van der Waals surface area (Å²) in [5, 5.41) is 0. The number of hydrogen-bond acceptors (Lipinski definition) is 2. The molecule has 0 saturated heterocycles. The summed E-state index contributed by atoms with van der Waals surface area (Å²) in [7, 11) is 6.18. The van der Waals surface area contributed by atoms with Gasteiger partial charge in [-0.2, -0.15) is 0 Å². The molecule has 0 heterocycles. The average Bonchev–Trinajstić information content (AvgIpc) is 1.59. The molecule has 68 valence electrons. The van der Waals surface area contributed by atoms with Gasteiger partial charge < -0.3 is 9.22 Å². The molecule has 0 aliphatic rings. The van der Waals surface area contributed by atoms with Crippen molar-refractivity contribution in [3.05, 3.63) is 0 Å². The van der Waals surface area contributed by atoms with Crippen LogP contribution in [0.4, 0.5) is 0 Å². The Morgan fingerprint density at radius 1 is 1.36 bits per heavy atom. The lowest BCUT2D eigenvalue weighted by Gasteiger charge is -2.23. The lowest BCUT2D eigenvalue weighted by atomic mass is 10.5. The first kappa shape index (κ1) is 13.7. The van der Waals surface area contributed by atoms with Crippen molar-refractivity contribution >= 4 is 29.9 Å². The van der Waals surface area contributed by atoms with E-state index >= 15 is 0 Å². The zero-order valence-electron chi connectivity index (χ0n) is 7.59. The molecule has 0 fully saturated rings. The number of carbonyl (C=O) groups excluding carboxylic acids is 1. The fourth-order valence-corrected chi connectivity index (χ4v) is 0.463. The molecule has 0 bridgehead atoms. The van der Waals surface area contributed by atoms with Gasteiger partial charge in [0.25, 0.3) is 0 Å². The highest BCUT2D eigenvalue weighted by Crippen LogP contribution is 1.88. The number of esters is 1. The number of nitrogens with zero attached hydrogens (tertiary/aromatic N) is 1. The second kappa shape index (κ2) is 5.77. The number of ether oxygens (including phenoxy) is 1. The van der Waals surface area contributed by atoms with E-state index < -0.39 is 0 Å². The molecule has 0 N–H and O–H groups in total. The Hall–Kier alpha value is 0.160. The van der Waals surface area contributed by atoms with Crippen LogP contribution in [0.15, 0.2) is 0 Å². The predicted octanol–water partition coefficient (Wildman–Crippen LogP) is 0.874. The maximum atomic E-state index is 10.3. The van der Waals surface area contributed by atoms with E-state index in [0.717, 1.165) is 11.0 Å². The Morgan fingerprint density at radius 2 is 1.82 bits per heavy atom. The van der Waals surface area contributed by atoms with Crippen molar-refractivity contribution in [2.45, 2.75) is 6.92 Å². The van der Waals surface area contributed by atoms with Gasteiger partial charge in [0, 0.05) is 6.92 Å². The van der Waals surface area contributed by atoms with Crippen LogP contribution >= 0.6 is 24.0 Å². The molecule has 0 aliphatic carbocycles. The van der Waals surface area contributed by atoms with Gasteiger partial charge in [0.05, 0.1) is 21.1 Å². The van der Waals surface area contributed by atoms with E-state index in [1.165, 1.54) is 6.92 Å². The molecule has 0 unspecified atom stereocenters. The molecule has 0 radical (unpaired) electrons. The van der Waals surface area contributed by atoms with Crippen LogP contribution in [0.25, 0.3) is 0 Å². The first-order valence-electron chi connectivity index (χ1n) is 3.35. The van der Waals surface area contributed by atoms with E-state index in [-0.39, 0.29) is 29.9 Å². The third kappa shape index (κ3) is 13.2. The van der Waals surface area contributed by atoms with Crippen molar-refractivity contribution in [1.82, 2.24) is 0 Å². The van der Waals surface area contributed by atoms with Crippen LogP contribution in [0.2, 0.25) is 0 Å². The third-order valence-corrected chi connectivity index (χ3v) is 1.07. The average molecular weight is 274 g/mol. The molecule has 0 aromatic carbocycles. The van der Waals surface area contributed by atoms with Crippen molar-refractivity contribution in [3.63, 3.8) is 0 Å². The Bertz CT molecular complexity index is 120. The molecule has 0 atom stereocenters. The van der Waals surface area contributed by atoms with Crippen LogP contribution in [0.3, 0.4) is 0 Å². The smallest absolute Gasteiger partial charge is 0.302 e. The Balaban J connectivity index is 0.